The van der Waals surface area contributed by atoms with Crippen molar-refractivity contribution in [1.29, 1.82) is 0 Å². The fourth-order valence-electron chi connectivity index (χ4n) is 2.48. The summed E-state index contributed by atoms with van der Waals surface area (Å²) in [7, 11) is 0. The monoisotopic (exact) mass is 298 g/mol. The summed E-state index contributed by atoms with van der Waals surface area (Å²) < 4.78 is 4.62. The summed E-state index contributed by atoms with van der Waals surface area (Å²) in [6, 6.07) is 0. The molecule has 2 aromatic heterocycles. The Morgan fingerprint density at radius 1 is 1.05 bits per heavy atom. The largest absolute Gasteiger partial charge is 0.332 e. The third-order valence-corrected chi connectivity index (χ3v) is 3.63. The molecule has 110 valence electrons. The molecule has 0 saturated carbocycles. The molecule has 0 radical (unpaired) electrons. The zero-order valence-corrected chi connectivity index (χ0v) is 12.8. The average Bonchev–Trinajstić information content (AvgIpc) is 2.82. The van der Waals surface area contributed by atoms with E-state index in [-0.39, 0.29) is 17.1 Å². The maximum atomic E-state index is 12.5. The highest BCUT2D eigenvalue weighted by Crippen LogP contribution is 2.13. The second-order valence-corrected chi connectivity index (χ2v) is 4.83. The Morgan fingerprint density at radius 2 is 1.70 bits per heavy atom. The average molecular weight is 299 g/mol. The number of halogens is 1. The molecule has 0 amide bonds. The van der Waals surface area contributed by atoms with E-state index in [0.29, 0.717) is 36.6 Å². The second kappa shape index (κ2) is 5.83. The van der Waals surface area contributed by atoms with Gasteiger partial charge in [0.2, 0.25) is 0 Å². The van der Waals surface area contributed by atoms with Gasteiger partial charge in [0.1, 0.15) is 5.82 Å². The molecule has 2 aromatic rings. The topological polar surface area (TPSA) is 61.8 Å². The molecule has 6 nitrogen and oxygen atoms in total. The Bertz CT molecular complexity index is 741. The zero-order chi connectivity index (χ0) is 14.9. The predicted molar refractivity (Wildman–Crippen MR) is 79.4 cm³/mol. The molecular formula is C13H19ClN4O2. The van der Waals surface area contributed by atoms with E-state index >= 15 is 0 Å². The fraction of sp³-hybridized carbons (Fsp3) is 0.615. The van der Waals surface area contributed by atoms with Crippen LogP contribution in [0.25, 0.3) is 11.2 Å². The summed E-state index contributed by atoms with van der Waals surface area (Å²) >= 11 is 5.90. The van der Waals surface area contributed by atoms with E-state index in [4.69, 9.17) is 11.6 Å². The van der Waals surface area contributed by atoms with Crippen molar-refractivity contribution in [2.75, 3.05) is 0 Å². The molecular weight excluding hydrogens is 280 g/mol. The maximum absolute atomic E-state index is 12.5. The number of alkyl halides is 1. The van der Waals surface area contributed by atoms with Crippen LogP contribution in [0.5, 0.6) is 0 Å². The Hall–Kier alpha value is -1.56. The van der Waals surface area contributed by atoms with E-state index in [1.54, 1.807) is 16.1 Å². The highest BCUT2D eigenvalue weighted by Gasteiger charge is 2.19. The minimum absolute atomic E-state index is 0.217. The highest BCUT2D eigenvalue weighted by molar-refractivity contribution is 6.16. The van der Waals surface area contributed by atoms with Crippen LogP contribution >= 0.6 is 11.6 Å². The van der Waals surface area contributed by atoms with Crippen molar-refractivity contribution in [2.45, 2.75) is 52.7 Å². The summed E-state index contributed by atoms with van der Waals surface area (Å²) in [6.45, 7) is 7.20. The number of aromatic nitrogens is 4. The summed E-state index contributed by atoms with van der Waals surface area (Å²) in [5.74, 6) is 0.841. The van der Waals surface area contributed by atoms with E-state index < -0.39 is 0 Å². The first-order valence-corrected chi connectivity index (χ1v) is 7.42. The molecule has 0 aromatic carbocycles. The first kappa shape index (κ1) is 14.8. The van der Waals surface area contributed by atoms with Gasteiger partial charge in [-0.3, -0.25) is 13.9 Å². The van der Waals surface area contributed by atoms with Crippen molar-refractivity contribution in [3.8, 4) is 0 Å². The van der Waals surface area contributed by atoms with Crippen LogP contribution in [0.15, 0.2) is 9.59 Å². The Morgan fingerprint density at radius 3 is 2.20 bits per heavy atom. The smallest absolute Gasteiger partial charge is 0.321 e. The summed E-state index contributed by atoms with van der Waals surface area (Å²) in [5, 5.41) is 0. The minimum Gasteiger partial charge on any atom is -0.321 e. The predicted octanol–water partition coefficient (Wildman–Crippen LogP) is 1.55. The number of fused-ring (bicyclic) bond motifs is 1. The highest BCUT2D eigenvalue weighted by atomic mass is 35.5. The van der Waals surface area contributed by atoms with Gasteiger partial charge >= 0.3 is 5.69 Å². The van der Waals surface area contributed by atoms with Gasteiger partial charge in [-0.15, -0.1) is 11.6 Å². The van der Waals surface area contributed by atoms with Crippen LogP contribution in [0.4, 0.5) is 0 Å². The molecule has 0 bridgehead atoms. The molecule has 2 rings (SSSR count). The lowest BCUT2D eigenvalue weighted by atomic mass is 10.4. The molecule has 0 N–H and O–H groups in total. The van der Waals surface area contributed by atoms with Crippen LogP contribution in [-0.2, 0) is 25.5 Å². The van der Waals surface area contributed by atoms with Gasteiger partial charge in [0.05, 0.1) is 5.88 Å². The number of imidazole rings is 1. The van der Waals surface area contributed by atoms with E-state index in [1.807, 2.05) is 13.8 Å². The first-order valence-electron chi connectivity index (χ1n) is 6.89. The molecule has 0 fully saturated rings. The molecule has 2 heterocycles. The summed E-state index contributed by atoms with van der Waals surface area (Å²) in [6.07, 6.45) is 0.798. The van der Waals surface area contributed by atoms with Crippen LogP contribution in [0, 0.1) is 0 Å². The van der Waals surface area contributed by atoms with Crippen LogP contribution < -0.4 is 11.2 Å². The van der Waals surface area contributed by atoms with Gasteiger partial charge in [-0.05, 0) is 20.3 Å². The molecule has 0 aliphatic rings. The molecule has 0 saturated heterocycles. The van der Waals surface area contributed by atoms with Crippen molar-refractivity contribution >= 4 is 22.8 Å². The first-order chi connectivity index (χ1) is 9.60. The third-order valence-electron chi connectivity index (χ3n) is 3.39. The maximum Gasteiger partial charge on any atom is 0.332 e. The third kappa shape index (κ3) is 2.08. The van der Waals surface area contributed by atoms with Crippen LogP contribution in [0.1, 0.15) is 33.0 Å². The van der Waals surface area contributed by atoms with Gasteiger partial charge in [-0.25, -0.2) is 9.78 Å². The molecule has 20 heavy (non-hydrogen) atoms. The van der Waals surface area contributed by atoms with Crippen LogP contribution in [0.3, 0.4) is 0 Å². The van der Waals surface area contributed by atoms with Gasteiger partial charge in [0, 0.05) is 19.6 Å². The summed E-state index contributed by atoms with van der Waals surface area (Å²) in [5.41, 5.74) is 0.335. The van der Waals surface area contributed by atoms with E-state index in [9.17, 15) is 9.59 Å². The van der Waals surface area contributed by atoms with E-state index in [1.165, 1.54) is 4.57 Å². The van der Waals surface area contributed by atoms with Gasteiger partial charge in [0.25, 0.3) is 5.56 Å². The van der Waals surface area contributed by atoms with Crippen molar-refractivity contribution in [2.24, 2.45) is 0 Å². The second-order valence-electron chi connectivity index (χ2n) is 4.56. The molecule has 0 unspecified atom stereocenters. The normalized spacial score (nSPS) is 11.4. The number of hydrogen-bond donors (Lipinski definition) is 0. The Balaban J connectivity index is 3.00. The molecule has 0 aliphatic heterocycles. The molecule has 0 aliphatic carbocycles. The molecule has 0 spiro atoms. The van der Waals surface area contributed by atoms with Gasteiger partial charge in [0.15, 0.2) is 11.2 Å². The Kier molecular flexibility index (Phi) is 4.32. The molecule has 0 atom stereocenters. The van der Waals surface area contributed by atoms with Gasteiger partial charge in [-0.2, -0.15) is 0 Å². The number of aryl methyl sites for hydroxylation is 2. The lowest BCUT2D eigenvalue weighted by molar-refractivity contribution is 0.578. The minimum atomic E-state index is -0.297. The van der Waals surface area contributed by atoms with Gasteiger partial charge in [-0.1, -0.05) is 6.92 Å². The van der Waals surface area contributed by atoms with Crippen molar-refractivity contribution < 1.29 is 0 Å². The molecule has 7 heteroatoms. The quantitative estimate of drug-likeness (QED) is 0.787. The Labute approximate surface area is 121 Å². The van der Waals surface area contributed by atoms with Gasteiger partial charge < -0.3 is 4.57 Å². The number of nitrogens with zero attached hydrogens (tertiary/aromatic N) is 4. The van der Waals surface area contributed by atoms with Crippen molar-refractivity contribution in [3.63, 3.8) is 0 Å². The lowest BCUT2D eigenvalue weighted by Gasteiger charge is -2.10. The number of rotatable bonds is 5. The zero-order valence-electron chi connectivity index (χ0n) is 12.0. The lowest BCUT2D eigenvalue weighted by Crippen LogP contribution is -2.40. The van der Waals surface area contributed by atoms with E-state index in [0.717, 1.165) is 6.42 Å². The van der Waals surface area contributed by atoms with E-state index in [2.05, 4.69) is 4.98 Å². The van der Waals surface area contributed by atoms with Crippen molar-refractivity contribution in [1.82, 2.24) is 18.7 Å². The van der Waals surface area contributed by atoms with Crippen molar-refractivity contribution in [3.05, 3.63) is 26.7 Å². The standard InChI is InChI=1S/C13H19ClN4O2/c1-4-7-18-11-10(12(19)17(6-3)13(18)20)16(5-2)9(8-14)15-11/h4-8H2,1-3H3. The summed E-state index contributed by atoms with van der Waals surface area (Å²) in [4.78, 5) is 29.3. The SMILES string of the molecule is CCCn1c(=O)n(CC)c(=O)c2c1nc(CCl)n2CC. The fourth-order valence-corrected chi connectivity index (χ4v) is 2.69. The number of hydrogen-bond acceptors (Lipinski definition) is 3. The van der Waals surface area contributed by atoms with Crippen LogP contribution in [-0.4, -0.2) is 18.7 Å². The van der Waals surface area contributed by atoms with Crippen LogP contribution in [0.2, 0.25) is 0 Å².